The lowest BCUT2D eigenvalue weighted by Gasteiger charge is -2.24. The summed E-state index contributed by atoms with van der Waals surface area (Å²) in [6, 6.07) is -0.378. The number of hydrogen-bond donors (Lipinski definition) is 2. The van der Waals surface area contributed by atoms with Gasteiger partial charge in [0.15, 0.2) is 0 Å². The molecule has 1 atom stereocenters. The van der Waals surface area contributed by atoms with Crippen molar-refractivity contribution in [2.45, 2.75) is 116 Å². The van der Waals surface area contributed by atoms with Crippen molar-refractivity contribution in [2.75, 3.05) is 26.2 Å². The fourth-order valence-electron chi connectivity index (χ4n) is 4.31. The number of carbonyl (C=O) groups excluding carboxylic acids is 3. The van der Waals surface area contributed by atoms with Crippen LogP contribution in [0.5, 0.6) is 0 Å². The van der Waals surface area contributed by atoms with Crippen LogP contribution in [-0.2, 0) is 9.59 Å². The van der Waals surface area contributed by atoms with Crippen LogP contribution in [0, 0.1) is 0 Å². The van der Waals surface area contributed by atoms with E-state index in [-0.39, 0.29) is 30.4 Å². The molecule has 0 aromatic rings. The molecular formula is C25H48N4O3. The van der Waals surface area contributed by atoms with Crippen molar-refractivity contribution in [1.29, 1.82) is 0 Å². The van der Waals surface area contributed by atoms with Crippen molar-refractivity contribution in [3.63, 3.8) is 0 Å². The Labute approximate surface area is 195 Å². The minimum atomic E-state index is -0.249. The zero-order chi connectivity index (χ0) is 23.6. The molecule has 0 aliphatic carbocycles. The van der Waals surface area contributed by atoms with E-state index in [1.807, 2.05) is 0 Å². The average molecular weight is 453 g/mol. The fourth-order valence-corrected chi connectivity index (χ4v) is 4.31. The Morgan fingerprint density at radius 1 is 0.906 bits per heavy atom. The lowest BCUT2D eigenvalue weighted by atomic mass is 10.0. The van der Waals surface area contributed by atoms with E-state index in [0.29, 0.717) is 26.1 Å². The number of amides is 4. The van der Waals surface area contributed by atoms with Crippen molar-refractivity contribution in [3.8, 4) is 0 Å². The van der Waals surface area contributed by atoms with Crippen molar-refractivity contribution in [2.24, 2.45) is 5.73 Å². The number of carbonyl (C=O) groups is 3. The molecule has 32 heavy (non-hydrogen) atoms. The summed E-state index contributed by atoms with van der Waals surface area (Å²) in [4.78, 5) is 39.7. The van der Waals surface area contributed by atoms with Crippen LogP contribution in [0.2, 0.25) is 0 Å². The Morgan fingerprint density at radius 3 is 2.03 bits per heavy atom. The molecule has 0 saturated carbocycles. The van der Waals surface area contributed by atoms with Gasteiger partial charge in [-0.25, -0.2) is 4.79 Å². The Balaban J connectivity index is 2.24. The fraction of sp³-hybridized carbons (Fsp3) is 0.880. The first kappa shape index (κ1) is 28.4. The number of likely N-dealkylation sites (N-methyl/N-ethyl adjacent to an activating group) is 1. The number of nitrogens with zero attached hydrogens (tertiary/aromatic N) is 2. The van der Waals surface area contributed by atoms with Crippen LogP contribution < -0.4 is 11.1 Å². The summed E-state index contributed by atoms with van der Waals surface area (Å²) in [6.07, 6.45) is 16.9. The third kappa shape index (κ3) is 11.8. The van der Waals surface area contributed by atoms with Gasteiger partial charge >= 0.3 is 6.03 Å². The first-order chi connectivity index (χ1) is 15.5. The van der Waals surface area contributed by atoms with E-state index in [0.717, 1.165) is 32.1 Å². The topological polar surface area (TPSA) is 95.7 Å². The van der Waals surface area contributed by atoms with E-state index in [1.165, 1.54) is 62.7 Å². The molecule has 7 nitrogen and oxygen atoms in total. The molecule has 1 fully saturated rings. The number of nitrogens with two attached hydrogens (primary N) is 1. The quantitative estimate of drug-likeness (QED) is 0.209. The molecule has 0 radical (unpaired) electrons. The summed E-state index contributed by atoms with van der Waals surface area (Å²) >= 11 is 0. The summed E-state index contributed by atoms with van der Waals surface area (Å²) in [5.41, 5.74) is 5.60. The maximum Gasteiger partial charge on any atom is 0.327 e. The highest BCUT2D eigenvalue weighted by atomic mass is 16.2. The molecule has 3 N–H and O–H groups in total. The molecular weight excluding hydrogens is 404 g/mol. The number of imide groups is 1. The molecule has 1 saturated heterocycles. The predicted octanol–water partition coefficient (Wildman–Crippen LogP) is 4.59. The molecule has 4 amide bonds. The summed E-state index contributed by atoms with van der Waals surface area (Å²) in [7, 11) is 0. The highest BCUT2D eigenvalue weighted by molar-refractivity contribution is 6.01. The predicted molar refractivity (Wildman–Crippen MR) is 130 cm³/mol. The van der Waals surface area contributed by atoms with E-state index in [9.17, 15) is 14.4 Å². The van der Waals surface area contributed by atoms with Gasteiger partial charge in [-0.1, -0.05) is 77.6 Å². The zero-order valence-corrected chi connectivity index (χ0v) is 20.7. The Hall–Kier alpha value is -1.63. The molecule has 0 unspecified atom stereocenters. The van der Waals surface area contributed by atoms with E-state index in [4.69, 9.17) is 5.73 Å². The Morgan fingerprint density at radius 2 is 1.50 bits per heavy atom. The number of urea groups is 1. The number of nitrogens with one attached hydrogen (secondary N) is 1. The molecule has 0 spiro atoms. The molecule has 0 aromatic carbocycles. The van der Waals surface area contributed by atoms with Gasteiger partial charge in [-0.2, -0.15) is 0 Å². The van der Waals surface area contributed by atoms with Crippen molar-refractivity contribution < 1.29 is 14.4 Å². The van der Waals surface area contributed by atoms with Crippen LogP contribution in [0.1, 0.15) is 110 Å². The third-order valence-electron chi connectivity index (χ3n) is 6.26. The maximum absolute atomic E-state index is 12.5. The second-order valence-corrected chi connectivity index (χ2v) is 9.14. The van der Waals surface area contributed by atoms with Gasteiger partial charge in [-0.15, -0.1) is 0 Å². The number of unbranched alkanes of at least 4 members (excludes halogenated alkanes) is 11. The summed E-state index contributed by atoms with van der Waals surface area (Å²) in [5.74, 6) is -0.116. The summed E-state index contributed by atoms with van der Waals surface area (Å²) in [6.45, 7) is 5.54. The highest BCUT2D eigenvalue weighted by Crippen LogP contribution is 2.14. The lowest BCUT2D eigenvalue weighted by molar-refractivity contribution is -0.125. The van der Waals surface area contributed by atoms with Gasteiger partial charge in [0.05, 0.1) is 0 Å². The zero-order valence-electron chi connectivity index (χ0n) is 20.7. The molecule has 1 heterocycles. The molecule has 0 bridgehead atoms. The SMILES string of the molecule is CCCCCCCCCCCCCC(=O)N[C@@H](CCCCN)CN1CC(=O)N(CC)C1=O. The van der Waals surface area contributed by atoms with Gasteiger partial charge in [0.25, 0.3) is 0 Å². The summed E-state index contributed by atoms with van der Waals surface area (Å²) < 4.78 is 0. The standard InChI is InChI=1S/C25H48N4O3/c1-3-5-6-7-8-9-10-11-12-13-14-18-23(30)27-22(17-15-16-19-26)20-28-21-24(31)29(4-2)25(28)32/h22H,3-21,26H2,1-2H3,(H,27,30)/t22-/m0/s1. The largest absolute Gasteiger partial charge is 0.352 e. The monoisotopic (exact) mass is 452 g/mol. The summed E-state index contributed by atoms with van der Waals surface area (Å²) in [5, 5.41) is 3.10. The minimum absolute atomic E-state index is 0.0454. The number of hydrogen-bond acceptors (Lipinski definition) is 4. The first-order valence-corrected chi connectivity index (χ1v) is 13.1. The third-order valence-corrected chi connectivity index (χ3v) is 6.26. The smallest absolute Gasteiger partial charge is 0.327 e. The first-order valence-electron chi connectivity index (χ1n) is 13.1. The highest BCUT2D eigenvalue weighted by Gasteiger charge is 2.35. The molecule has 0 aromatic heterocycles. The second kappa shape index (κ2) is 17.9. The van der Waals surface area contributed by atoms with Crippen molar-refractivity contribution in [3.05, 3.63) is 0 Å². The molecule has 1 aliphatic heterocycles. The van der Waals surface area contributed by atoms with Crippen LogP contribution >= 0.6 is 0 Å². The maximum atomic E-state index is 12.5. The van der Waals surface area contributed by atoms with E-state index < -0.39 is 0 Å². The van der Waals surface area contributed by atoms with Crippen LogP contribution in [0.4, 0.5) is 4.79 Å². The molecule has 186 valence electrons. The van der Waals surface area contributed by atoms with Gasteiger partial charge in [0.1, 0.15) is 6.54 Å². The molecule has 1 rings (SSSR count). The second-order valence-electron chi connectivity index (χ2n) is 9.14. The average Bonchev–Trinajstić information content (AvgIpc) is 3.04. The van der Waals surface area contributed by atoms with Gasteiger partial charge in [-0.3, -0.25) is 14.5 Å². The Kier molecular flexibility index (Phi) is 15.9. The van der Waals surface area contributed by atoms with E-state index >= 15 is 0 Å². The van der Waals surface area contributed by atoms with Gasteiger partial charge in [0.2, 0.25) is 11.8 Å². The minimum Gasteiger partial charge on any atom is -0.352 e. The van der Waals surface area contributed by atoms with Gasteiger partial charge in [-0.05, 0) is 32.7 Å². The number of rotatable bonds is 20. The van der Waals surface area contributed by atoms with Crippen LogP contribution in [0.15, 0.2) is 0 Å². The van der Waals surface area contributed by atoms with Crippen molar-refractivity contribution in [1.82, 2.24) is 15.1 Å². The normalized spacial score (nSPS) is 15.0. The molecule has 1 aliphatic rings. The van der Waals surface area contributed by atoms with Crippen LogP contribution in [0.3, 0.4) is 0 Å². The van der Waals surface area contributed by atoms with E-state index in [1.54, 1.807) is 11.8 Å². The van der Waals surface area contributed by atoms with E-state index in [2.05, 4.69) is 12.2 Å². The van der Waals surface area contributed by atoms with Crippen LogP contribution in [-0.4, -0.2) is 59.9 Å². The van der Waals surface area contributed by atoms with Crippen molar-refractivity contribution >= 4 is 17.8 Å². The Bertz CT molecular complexity index is 541. The van der Waals surface area contributed by atoms with Gasteiger partial charge in [0, 0.05) is 25.6 Å². The lowest BCUT2D eigenvalue weighted by Crippen LogP contribution is -2.45. The molecule has 7 heteroatoms. The van der Waals surface area contributed by atoms with Crippen LogP contribution in [0.25, 0.3) is 0 Å². The van der Waals surface area contributed by atoms with Gasteiger partial charge < -0.3 is 16.0 Å².